The zero-order valence-corrected chi connectivity index (χ0v) is 16.0. The first-order valence-corrected chi connectivity index (χ1v) is 9.06. The molecule has 0 spiro atoms. The third-order valence-electron chi connectivity index (χ3n) is 5.22. The first kappa shape index (κ1) is 19.7. The molecule has 1 aliphatic heterocycles. The minimum atomic E-state index is -0.650. The molecular formula is C22H22F2N2O2. The van der Waals surface area contributed by atoms with Gasteiger partial charge < -0.3 is 9.80 Å². The predicted molar refractivity (Wildman–Crippen MR) is 103 cm³/mol. The molecule has 6 heteroatoms. The summed E-state index contributed by atoms with van der Waals surface area (Å²) in [7, 11) is 1.56. The van der Waals surface area contributed by atoms with Crippen molar-refractivity contribution in [1.82, 2.24) is 9.80 Å². The molecule has 146 valence electrons. The summed E-state index contributed by atoms with van der Waals surface area (Å²) < 4.78 is 27.6. The van der Waals surface area contributed by atoms with Gasteiger partial charge in [-0.15, -0.1) is 0 Å². The van der Waals surface area contributed by atoms with E-state index in [1.54, 1.807) is 20.2 Å². The molecule has 0 radical (unpaired) electrons. The van der Waals surface area contributed by atoms with E-state index in [9.17, 15) is 18.4 Å². The van der Waals surface area contributed by atoms with Gasteiger partial charge in [0.05, 0.1) is 18.5 Å². The number of carbonyl (C=O) groups excluding carboxylic acids is 2. The fourth-order valence-corrected chi connectivity index (χ4v) is 3.48. The summed E-state index contributed by atoms with van der Waals surface area (Å²) in [6, 6.07) is 9.68. The maximum absolute atomic E-state index is 14.1. The molecule has 2 aromatic carbocycles. The third kappa shape index (κ3) is 3.81. The van der Waals surface area contributed by atoms with Crippen molar-refractivity contribution in [2.24, 2.45) is 0 Å². The fourth-order valence-electron chi connectivity index (χ4n) is 3.48. The summed E-state index contributed by atoms with van der Waals surface area (Å²) in [6.45, 7) is 3.09. The van der Waals surface area contributed by atoms with Crippen LogP contribution in [0.3, 0.4) is 0 Å². The Kier molecular flexibility index (Phi) is 5.58. The number of halogens is 2. The molecule has 2 amide bonds. The highest BCUT2D eigenvalue weighted by Crippen LogP contribution is 2.34. The summed E-state index contributed by atoms with van der Waals surface area (Å²) in [5, 5.41) is 0. The lowest BCUT2D eigenvalue weighted by Crippen LogP contribution is -2.37. The highest BCUT2D eigenvalue weighted by Gasteiger charge is 2.30. The predicted octanol–water partition coefficient (Wildman–Crippen LogP) is 4.45. The van der Waals surface area contributed by atoms with Crippen LogP contribution >= 0.6 is 0 Å². The van der Waals surface area contributed by atoms with Crippen LogP contribution in [0.2, 0.25) is 0 Å². The maximum atomic E-state index is 14.1. The Morgan fingerprint density at radius 1 is 1.18 bits per heavy atom. The molecule has 0 bridgehead atoms. The molecule has 0 saturated heterocycles. The van der Waals surface area contributed by atoms with Crippen LogP contribution in [-0.4, -0.2) is 28.7 Å². The molecule has 0 fully saturated rings. The van der Waals surface area contributed by atoms with Crippen LogP contribution in [0, 0.1) is 11.6 Å². The van der Waals surface area contributed by atoms with Crippen LogP contribution in [0.4, 0.5) is 8.78 Å². The van der Waals surface area contributed by atoms with E-state index in [1.807, 2.05) is 30.3 Å². The van der Waals surface area contributed by atoms with Gasteiger partial charge in [0.2, 0.25) is 11.8 Å². The highest BCUT2D eigenvalue weighted by molar-refractivity contribution is 5.82. The molecule has 0 saturated carbocycles. The largest absolute Gasteiger partial charge is 0.339 e. The van der Waals surface area contributed by atoms with Crippen molar-refractivity contribution < 1.29 is 18.4 Å². The van der Waals surface area contributed by atoms with Crippen molar-refractivity contribution in [3.8, 4) is 0 Å². The molecule has 0 N–H and O–H groups in total. The summed E-state index contributed by atoms with van der Waals surface area (Å²) >= 11 is 0. The second-order valence-corrected chi connectivity index (χ2v) is 6.94. The van der Waals surface area contributed by atoms with Crippen LogP contribution in [-0.2, 0) is 9.59 Å². The average Bonchev–Trinajstić information content (AvgIpc) is 2.68. The van der Waals surface area contributed by atoms with E-state index < -0.39 is 23.7 Å². The van der Waals surface area contributed by atoms with Crippen molar-refractivity contribution in [2.75, 3.05) is 7.05 Å². The molecule has 0 aliphatic carbocycles. The van der Waals surface area contributed by atoms with Gasteiger partial charge in [-0.3, -0.25) is 9.59 Å². The number of amides is 2. The number of fused-ring (bicyclic) bond motifs is 1. The van der Waals surface area contributed by atoms with Crippen molar-refractivity contribution in [1.29, 1.82) is 0 Å². The topological polar surface area (TPSA) is 40.6 Å². The molecule has 2 unspecified atom stereocenters. The number of benzene rings is 2. The Balaban J connectivity index is 1.85. The van der Waals surface area contributed by atoms with E-state index in [-0.39, 0.29) is 23.8 Å². The maximum Gasteiger partial charge on any atom is 0.225 e. The SMILES string of the molecule is CC(=O)N1C=Cc2ccccc2C1CC(=O)N(C)C(C)c1cc(F)ccc1F. The summed E-state index contributed by atoms with van der Waals surface area (Å²) in [5.74, 6) is -1.56. The summed E-state index contributed by atoms with van der Waals surface area (Å²) in [4.78, 5) is 27.9. The van der Waals surface area contributed by atoms with E-state index in [0.717, 1.165) is 29.3 Å². The number of hydrogen-bond donors (Lipinski definition) is 0. The minimum absolute atomic E-state index is 0.0404. The normalized spacial score (nSPS) is 16.5. The van der Waals surface area contributed by atoms with E-state index >= 15 is 0 Å². The Labute approximate surface area is 163 Å². The van der Waals surface area contributed by atoms with Crippen LogP contribution < -0.4 is 0 Å². The van der Waals surface area contributed by atoms with Crippen molar-refractivity contribution >= 4 is 17.9 Å². The second-order valence-electron chi connectivity index (χ2n) is 6.94. The molecular weight excluding hydrogens is 362 g/mol. The Hall–Kier alpha value is -3.02. The van der Waals surface area contributed by atoms with Gasteiger partial charge in [0, 0.05) is 25.7 Å². The molecule has 2 atom stereocenters. The number of hydrogen-bond acceptors (Lipinski definition) is 2. The van der Waals surface area contributed by atoms with Gasteiger partial charge in [0.1, 0.15) is 11.6 Å². The lowest BCUT2D eigenvalue weighted by Gasteiger charge is -2.34. The molecule has 1 aliphatic rings. The zero-order chi connectivity index (χ0) is 20.4. The van der Waals surface area contributed by atoms with Gasteiger partial charge >= 0.3 is 0 Å². The average molecular weight is 384 g/mol. The van der Waals surface area contributed by atoms with Crippen molar-refractivity contribution in [3.63, 3.8) is 0 Å². The molecule has 3 rings (SSSR count). The molecule has 0 aromatic heterocycles. The number of rotatable bonds is 4. The Bertz CT molecular complexity index is 942. The van der Waals surface area contributed by atoms with Crippen LogP contribution in [0.15, 0.2) is 48.7 Å². The van der Waals surface area contributed by atoms with E-state index in [1.165, 1.54) is 16.7 Å². The van der Waals surface area contributed by atoms with Gasteiger partial charge in [-0.05, 0) is 42.3 Å². The Morgan fingerprint density at radius 3 is 2.61 bits per heavy atom. The molecule has 4 nitrogen and oxygen atoms in total. The van der Waals surface area contributed by atoms with Crippen molar-refractivity contribution in [2.45, 2.75) is 32.4 Å². The van der Waals surface area contributed by atoms with Gasteiger partial charge in [-0.1, -0.05) is 24.3 Å². The summed E-state index contributed by atoms with van der Waals surface area (Å²) in [6.07, 6.45) is 3.56. The van der Waals surface area contributed by atoms with Gasteiger partial charge in [-0.25, -0.2) is 8.78 Å². The van der Waals surface area contributed by atoms with Gasteiger partial charge in [-0.2, -0.15) is 0 Å². The Morgan fingerprint density at radius 2 is 1.89 bits per heavy atom. The van der Waals surface area contributed by atoms with Crippen molar-refractivity contribution in [3.05, 3.63) is 77.0 Å². The lowest BCUT2D eigenvalue weighted by molar-refractivity contribution is -0.135. The van der Waals surface area contributed by atoms with E-state index in [0.29, 0.717) is 0 Å². The zero-order valence-electron chi connectivity index (χ0n) is 16.0. The van der Waals surface area contributed by atoms with Crippen LogP contribution in [0.25, 0.3) is 6.08 Å². The monoisotopic (exact) mass is 384 g/mol. The lowest BCUT2D eigenvalue weighted by atomic mass is 9.93. The van der Waals surface area contributed by atoms with E-state index in [2.05, 4.69) is 0 Å². The second kappa shape index (κ2) is 7.92. The standard InChI is InChI=1S/C22H22F2N2O2/c1-14(19-12-17(23)8-9-20(19)24)25(3)22(28)13-21-18-7-5-4-6-16(18)10-11-26(21)15(2)27/h4-12,14,21H,13H2,1-3H3. The fraction of sp³-hybridized carbons (Fsp3) is 0.273. The van der Waals surface area contributed by atoms with Gasteiger partial charge in [0.25, 0.3) is 0 Å². The highest BCUT2D eigenvalue weighted by atomic mass is 19.1. The first-order valence-electron chi connectivity index (χ1n) is 9.06. The molecule has 28 heavy (non-hydrogen) atoms. The van der Waals surface area contributed by atoms with Crippen LogP contribution in [0.5, 0.6) is 0 Å². The number of carbonyl (C=O) groups is 2. The van der Waals surface area contributed by atoms with E-state index in [4.69, 9.17) is 0 Å². The third-order valence-corrected chi connectivity index (χ3v) is 5.22. The minimum Gasteiger partial charge on any atom is -0.339 e. The quantitative estimate of drug-likeness (QED) is 0.782. The molecule has 1 heterocycles. The summed E-state index contributed by atoms with van der Waals surface area (Å²) in [5.41, 5.74) is 1.94. The molecule has 2 aromatic rings. The number of nitrogens with zero attached hydrogens (tertiary/aromatic N) is 2. The first-order chi connectivity index (χ1) is 13.3. The van der Waals surface area contributed by atoms with Crippen LogP contribution in [0.1, 0.15) is 49.0 Å². The van der Waals surface area contributed by atoms with Gasteiger partial charge in [0.15, 0.2) is 0 Å². The smallest absolute Gasteiger partial charge is 0.225 e.